The van der Waals surface area contributed by atoms with E-state index in [2.05, 4.69) is 23.8 Å². The van der Waals surface area contributed by atoms with Crippen LogP contribution in [0.15, 0.2) is 66.9 Å². The maximum Gasteiger partial charge on any atom is 0.421 e. The molecule has 3 heterocycles. The maximum absolute atomic E-state index is 13.4. The first kappa shape index (κ1) is 20.6. The Kier molecular flexibility index (Phi) is 5.33. The lowest BCUT2D eigenvalue weighted by Gasteiger charge is -2.39. The average Bonchev–Trinajstić information content (AvgIpc) is 3.28. The standard InChI is InChI=1S/C27H28N2O3/c1-2-27-15-8-17-28-18-14-22(25(27)28)21-11-6-7-12-23(21)29(24(30)13-16-27)26(31)32-19-20-9-4-3-5-10-20/h3-7,9-12,14,18H,2,8,13,15-17,19H2,1H3/t27-/m1/s1. The number of carbonyl (C=O) groups is 2. The molecule has 0 N–H and O–H groups in total. The van der Waals surface area contributed by atoms with Gasteiger partial charge < -0.3 is 9.30 Å². The molecular weight excluding hydrogens is 400 g/mol. The van der Waals surface area contributed by atoms with Gasteiger partial charge in [-0.3, -0.25) is 4.79 Å². The van der Waals surface area contributed by atoms with Crippen molar-refractivity contribution in [2.24, 2.45) is 0 Å². The minimum Gasteiger partial charge on any atom is -0.444 e. The maximum atomic E-state index is 13.4. The molecule has 2 aliphatic heterocycles. The summed E-state index contributed by atoms with van der Waals surface area (Å²) in [4.78, 5) is 27.9. The van der Waals surface area contributed by atoms with Crippen molar-refractivity contribution in [1.82, 2.24) is 4.57 Å². The molecule has 0 fully saturated rings. The van der Waals surface area contributed by atoms with Gasteiger partial charge in [-0.15, -0.1) is 0 Å². The molecule has 0 saturated heterocycles. The van der Waals surface area contributed by atoms with Crippen LogP contribution in [0, 0.1) is 0 Å². The van der Waals surface area contributed by atoms with Crippen molar-refractivity contribution < 1.29 is 14.3 Å². The van der Waals surface area contributed by atoms with Gasteiger partial charge in [0.2, 0.25) is 5.91 Å². The summed E-state index contributed by atoms with van der Waals surface area (Å²) in [6, 6.07) is 19.4. The monoisotopic (exact) mass is 428 g/mol. The molecule has 5 heteroatoms. The predicted molar refractivity (Wildman–Crippen MR) is 124 cm³/mol. The normalized spacial score (nSPS) is 19.9. The molecule has 32 heavy (non-hydrogen) atoms. The number of carbonyl (C=O) groups excluding carboxylic acids is 2. The largest absolute Gasteiger partial charge is 0.444 e. The van der Waals surface area contributed by atoms with Gasteiger partial charge in [-0.1, -0.05) is 55.5 Å². The SMILES string of the molecule is CC[C@]12CCCn3ccc(c31)-c1ccccc1N(C(=O)OCc1ccccc1)C(=O)CC2. The summed E-state index contributed by atoms with van der Waals surface area (Å²) in [5.74, 6) is -0.203. The molecule has 2 aromatic carbocycles. The molecule has 2 amide bonds. The van der Waals surface area contributed by atoms with Gasteiger partial charge in [-0.05, 0) is 43.4 Å². The van der Waals surface area contributed by atoms with Crippen molar-refractivity contribution in [2.75, 3.05) is 4.90 Å². The van der Waals surface area contributed by atoms with Crippen molar-refractivity contribution in [3.05, 3.63) is 78.1 Å². The molecule has 0 spiro atoms. The van der Waals surface area contributed by atoms with Crippen LogP contribution in [0.1, 0.15) is 50.3 Å². The third-order valence-electron chi connectivity index (χ3n) is 7.09. The lowest BCUT2D eigenvalue weighted by Crippen LogP contribution is -2.39. The van der Waals surface area contributed by atoms with Gasteiger partial charge in [0.1, 0.15) is 6.61 Å². The van der Waals surface area contributed by atoms with Crippen molar-refractivity contribution in [2.45, 2.75) is 57.6 Å². The van der Waals surface area contributed by atoms with Crippen molar-refractivity contribution in [3.8, 4) is 11.1 Å². The summed E-state index contributed by atoms with van der Waals surface area (Å²) in [7, 11) is 0. The Morgan fingerprint density at radius 1 is 1.00 bits per heavy atom. The number of imide groups is 1. The summed E-state index contributed by atoms with van der Waals surface area (Å²) < 4.78 is 7.96. The van der Waals surface area contributed by atoms with E-state index in [0.29, 0.717) is 12.1 Å². The number of hydrogen-bond donors (Lipinski definition) is 0. The van der Waals surface area contributed by atoms with E-state index in [9.17, 15) is 9.59 Å². The molecule has 1 atom stereocenters. The van der Waals surface area contributed by atoms with Crippen LogP contribution >= 0.6 is 0 Å². The van der Waals surface area contributed by atoms with Crippen LogP contribution in [0.2, 0.25) is 0 Å². The highest BCUT2D eigenvalue weighted by Gasteiger charge is 2.41. The van der Waals surface area contributed by atoms with E-state index in [-0.39, 0.29) is 17.9 Å². The highest BCUT2D eigenvalue weighted by Crippen LogP contribution is 2.48. The van der Waals surface area contributed by atoms with E-state index in [0.717, 1.165) is 48.9 Å². The summed E-state index contributed by atoms with van der Waals surface area (Å²) in [6.45, 7) is 3.34. The smallest absolute Gasteiger partial charge is 0.421 e. The lowest BCUT2D eigenvalue weighted by molar-refractivity contribution is -0.118. The highest BCUT2D eigenvalue weighted by molar-refractivity contribution is 6.14. The zero-order chi connectivity index (χ0) is 22.1. The van der Waals surface area contributed by atoms with E-state index >= 15 is 0 Å². The Morgan fingerprint density at radius 3 is 2.59 bits per heavy atom. The van der Waals surface area contributed by atoms with Gasteiger partial charge >= 0.3 is 6.09 Å². The molecule has 0 unspecified atom stereocenters. The Balaban J connectivity index is 1.58. The van der Waals surface area contributed by atoms with Crippen molar-refractivity contribution in [3.63, 3.8) is 0 Å². The van der Waals surface area contributed by atoms with Gasteiger partial charge in [-0.25, -0.2) is 9.69 Å². The zero-order valence-electron chi connectivity index (χ0n) is 18.4. The fourth-order valence-corrected chi connectivity index (χ4v) is 5.41. The molecule has 5 rings (SSSR count). The van der Waals surface area contributed by atoms with Gasteiger partial charge in [0.05, 0.1) is 5.69 Å². The second kappa shape index (κ2) is 8.30. The number of amides is 2. The quantitative estimate of drug-likeness (QED) is 0.509. The first-order valence-corrected chi connectivity index (χ1v) is 11.5. The number of hydrogen-bond acceptors (Lipinski definition) is 3. The highest BCUT2D eigenvalue weighted by atomic mass is 16.6. The van der Waals surface area contributed by atoms with Gasteiger partial charge in [0.15, 0.2) is 0 Å². The number of fused-ring (bicyclic) bond motifs is 2. The number of aryl methyl sites for hydroxylation is 1. The van der Waals surface area contributed by atoms with Gasteiger partial charge in [0.25, 0.3) is 0 Å². The fraction of sp³-hybridized carbons (Fsp3) is 0.333. The van der Waals surface area contributed by atoms with Gasteiger partial charge in [-0.2, -0.15) is 0 Å². The first-order chi connectivity index (χ1) is 15.6. The second-order valence-corrected chi connectivity index (χ2v) is 8.80. The molecule has 0 bridgehead atoms. The number of para-hydroxylation sites is 1. The Labute approximate surface area is 188 Å². The van der Waals surface area contributed by atoms with Crippen LogP contribution in [0.5, 0.6) is 0 Å². The molecule has 3 aromatic rings. The number of benzene rings is 2. The number of rotatable bonds is 3. The van der Waals surface area contributed by atoms with Crippen LogP contribution in [-0.2, 0) is 28.1 Å². The molecule has 1 aromatic heterocycles. The van der Waals surface area contributed by atoms with Crippen LogP contribution in [-0.4, -0.2) is 16.6 Å². The molecule has 164 valence electrons. The summed E-state index contributed by atoms with van der Waals surface area (Å²) >= 11 is 0. The number of aromatic nitrogens is 1. The minimum absolute atomic E-state index is 0.0518. The van der Waals surface area contributed by atoms with E-state index in [1.54, 1.807) is 0 Å². The predicted octanol–water partition coefficient (Wildman–Crippen LogP) is 6.06. The molecule has 0 aliphatic carbocycles. The van der Waals surface area contributed by atoms with Gasteiger partial charge in [0, 0.05) is 41.4 Å². The average molecular weight is 429 g/mol. The van der Waals surface area contributed by atoms with E-state index in [1.165, 1.54) is 10.6 Å². The third-order valence-corrected chi connectivity index (χ3v) is 7.09. The topological polar surface area (TPSA) is 51.5 Å². The molecular formula is C27H28N2O3. The summed E-state index contributed by atoms with van der Waals surface area (Å²) in [5, 5.41) is 0. The Bertz CT molecular complexity index is 1150. The van der Waals surface area contributed by atoms with E-state index in [4.69, 9.17) is 4.74 Å². The lowest BCUT2D eigenvalue weighted by atomic mass is 9.70. The minimum atomic E-state index is -0.619. The van der Waals surface area contributed by atoms with E-state index < -0.39 is 6.09 Å². The Morgan fingerprint density at radius 2 is 1.78 bits per heavy atom. The van der Waals surface area contributed by atoms with Crippen LogP contribution in [0.25, 0.3) is 11.1 Å². The van der Waals surface area contributed by atoms with Crippen LogP contribution in [0.4, 0.5) is 10.5 Å². The van der Waals surface area contributed by atoms with E-state index in [1.807, 2.05) is 54.6 Å². The van der Waals surface area contributed by atoms with Crippen LogP contribution < -0.4 is 4.90 Å². The zero-order valence-corrected chi connectivity index (χ0v) is 18.4. The summed E-state index contributed by atoms with van der Waals surface area (Å²) in [5.41, 5.74) is 4.78. The number of nitrogens with zero attached hydrogens (tertiary/aromatic N) is 2. The van der Waals surface area contributed by atoms with Crippen molar-refractivity contribution in [1.29, 1.82) is 0 Å². The number of ether oxygens (including phenoxy) is 1. The molecule has 0 saturated carbocycles. The summed E-state index contributed by atoms with van der Waals surface area (Å²) in [6.07, 6.45) is 5.72. The molecule has 0 radical (unpaired) electrons. The molecule has 2 aliphatic rings. The van der Waals surface area contributed by atoms with Crippen LogP contribution in [0.3, 0.4) is 0 Å². The third kappa shape index (κ3) is 3.42. The van der Waals surface area contributed by atoms with Crippen molar-refractivity contribution >= 4 is 17.7 Å². The first-order valence-electron chi connectivity index (χ1n) is 11.5. The number of anilines is 1. The molecule has 5 nitrogen and oxygen atoms in total. The fourth-order valence-electron chi connectivity index (χ4n) is 5.41. The Hall–Kier alpha value is -3.34. The second-order valence-electron chi connectivity index (χ2n) is 8.80.